The molecule has 0 aliphatic carbocycles. The van der Waals surface area contributed by atoms with E-state index in [1.807, 2.05) is 6.92 Å². The summed E-state index contributed by atoms with van der Waals surface area (Å²) in [6.45, 7) is 3.13. The molecule has 18 heavy (non-hydrogen) atoms. The summed E-state index contributed by atoms with van der Waals surface area (Å²) in [5.41, 5.74) is 0.418. The fraction of sp³-hybridized carbons (Fsp3) is 0.500. The van der Waals surface area contributed by atoms with E-state index in [2.05, 4.69) is 20.9 Å². The van der Waals surface area contributed by atoms with Crippen LogP contribution in [0.5, 0.6) is 0 Å². The topological polar surface area (TPSA) is 42.4 Å². The Labute approximate surface area is 119 Å². The first-order valence-corrected chi connectivity index (χ1v) is 7.22. The second-order valence-corrected chi connectivity index (χ2v) is 5.38. The molecule has 2 unspecified atom stereocenters. The van der Waals surface area contributed by atoms with Gasteiger partial charge in [-0.3, -0.25) is 4.79 Å². The highest BCUT2D eigenvalue weighted by Crippen LogP contribution is 2.16. The molecule has 1 aromatic heterocycles. The molecule has 2 heterocycles. The number of rotatable bonds is 2. The average molecular weight is 334 g/mol. The van der Waals surface area contributed by atoms with Crippen molar-refractivity contribution in [2.24, 2.45) is 0 Å². The average Bonchev–Trinajstić information content (AvgIpc) is 2.38. The van der Waals surface area contributed by atoms with Crippen molar-refractivity contribution in [2.45, 2.75) is 19.1 Å². The molecule has 2 atom stereocenters. The van der Waals surface area contributed by atoms with Gasteiger partial charge in [0.15, 0.2) is 0 Å². The quantitative estimate of drug-likeness (QED) is 0.780. The first kappa shape index (κ1) is 13.8. The maximum Gasteiger partial charge on any atom is 0.272 e. The van der Waals surface area contributed by atoms with Crippen LogP contribution in [0.2, 0.25) is 5.02 Å². The summed E-state index contributed by atoms with van der Waals surface area (Å²) in [5.74, 6) is -0.0761. The summed E-state index contributed by atoms with van der Waals surface area (Å²) in [7, 11) is 0. The molecule has 6 heteroatoms. The third-order valence-electron chi connectivity index (χ3n) is 2.73. The van der Waals surface area contributed by atoms with Crippen LogP contribution in [-0.2, 0) is 4.74 Å². The molecule has 0 bridgehead atoms. The highest BCUT2D eigenvalue weighted by molar-refractivity contribution is 9.09. The Balaban J connectivity index is 2.10. The zero-order valence-electron chi connectivity index (χ0n) is 9.97. The number of carbonyl (C=O) groups is 1. The number of hydrogen-bond acceptors (Lipinski definition) is 3. The van der Waals surface area contributed by atoms with Crippen molar-refractivity contribution in [3.05, 3.63) is 29.0 Å². The van der Waals surface area contributed by atoms with Crippen molar-refractivity contribution in [3.8, 4) is 0 Å². The standard InChI is InChI=1S/C12H14BrClN2O2/c1-8-6-16(7-10(4-13)18-8)12(17)11-3-2-9(14)5-15-11/h2-3,5,8,10H,4,6-7H2,1H3. The molecule has 98 valence electrons. The molecular formula is C12H14BrClN2O2. The Morgan fingerprint density at radius 3 is 3.00 bits per heavy atom. The van der Waals surface area contributed by atoms with Crippen LogP contribution in [0, 0.1) is 0 Å². The predicted molar refractivity (Wildman–Crippen MR) is 73.3 cm³/mol. The fourth-order valence-electron chi connectivity index (χ4n) is 1.96. The fourth-order valence-corrected chi connectivity index (χ4v) is 2.43. The van der Waals surface area contributed by atoms with Gasteiger partial charge in [-0.1, -0.05) is 27.5 Å². The van der Waals surface area contributed by atoms with Crippen molar-refractivity contribution in [3.63, 3.8) is 0 Å². The van der Waals surface area contributed by atoms with Gasteiger partial charge >= 0.3 is 0 Å². The highest BCUT2D eigenvalue weighted by atomic mass is 79.9. The first-order valence-electron chi connectivity index (χ1n) is 5.72. The zero-order valence-corrected chi connectivity index (χ0v) is 12.3. The van der Waals surface area contributed by atoms with Crippen molar-refractivity contribution < 1.29 is 9.53 Å². The summed E-state index contributed by atoms with van der Waals surface area (Å²) in [4.78, 5) is 18.1. The van der Waals surface area contributed by atoms with Crippen LogP contribution in [0.25, 0.3) is 0 Å². The Morgan fingerprint density at radius 2 is 2.39 bits per heavy atom. The lowest BCUT2D eigenvalue weighted by Crippen LogP contribution is -2.49. The molecule has 1 fully saturated rings. The van der Waals surface area contributed by atoms with Crippen molar-refractivity contribution in [1.29, 1.82) is 0 Å². The third-order valence-corrected chi connectivity index (χ3v) is 3.68. The van der Waals surface area contributed by atoms with Crippen LogP contribution in [0.1, 0.15) is 17.4 Å². The van der Waals surface area contributed by atoms with E-state index in [1.165, 1.54) is 6.20 Å². The molecule has 1 saturated heterocycles. The second-order valence-electron chi connectivity index (χ2n) is 4.29. The molecule has 1 amide bonds. The summed E-state index contributed by atoms with van der Waals surface area (Å²) < 4.78 is 5.69. The van der Waals surface area contributed by atoms with Gasteiger partial charge in [0.2, 0.25) is 0 Å². The van der Waals surface area contributed by atoms with Crippen LogP contribution < -0.4 is 0 Å². The van der Waals surface area contributed by atoms with Gasteiger partial charge in [0.1, 0.15) is 5.69 Å². The number of halogens is 2. The van der Waals surface area contributed by atoms with Gasteiger partial charge in [-0.15, -0.1) is 0 Å². The van der Waals surface area contributed by atoms with Gasteiger partial charge in [-0.2, -0.15) is 0 Å². The molecule has 0 N–H and O–H groups in total. The molecule has 4 nitrogen and oxygen atoms in total. The van der Waals surface area contributed by atoms with E-state index in [0.717, 1.165) is 5.33 Å². The van der Waals surface area contributed by atoms with Crippen LogP contribution in [0.3, 0.4) is 0 Å². The summed E-state index contributed by atoms with van der Waals surface area (Å²) in [5, 5.41) is 1.25. The van der Waals surface area contributed by atoms with Gasteiger partial charge in [0.25, 0.3) is 5.91 Å². The highest BCUT2D eigenvalue weighted by Gasteiger charge is 2.28. The Bertz CT molecular complexity index is 427. The predicted octanol–water partition coefficient (Wildman–Crippen LogP) is 2.36. The van der Waals surface area contributed by atoms with E-state index in [4.69, 9.17) is 16.3 Å². The summed E-state index contributed by atoms with van der Waals surface area (Å²) in [6.07, 6.45) is 1.56. The number of amides is 1. The van der Waals surface area contributed by atoms with Gasteiger partial charge in [0, 0.05) is 24.6 Å². The third kappa shape index (κ3) is 3.22. The molecule has 0 spiro atoms. The minimum Gasteiger partial charge on any atom is -0.371 e. The number of nitrogens with zero attached hydrogens (tertiary/aromatic N) is 2. The minimum absolute atomic E-state index is 0.0324. The molecule has 0 saturated carbocycles. The lowest BCUT2D eigenvalue weighted by molar-refractivity contribution is -0.0561. The van der Waals surface area contributed by atoms with E-state index >= 15 is 0 Å². The minimum atomic E-state index is -0.0761. The monoisotopic (exact) mass is 332 g/mol. The van der Waals surface area contributed by atoms with E-state index in [0.29, 0.717) is 23.8 Å². The molecule has 1 aliphatic rings. The maximum absolute atomic E-state index is 12.3. The summed E-state index contributed by atoms with van der Waals surface area (Å²) >= 11 is 9.14. The van der Waals surface area contributed by atoms with E-state index in [9.17, 15) is 4.79 Å². The van der Waals surface area contributed by atoms with Gasteiger partial charge in [-0.25, -0.2) is 4.98 Å². The number of alkyl halides is 1. The number of pyridine rings is 1. The number of aromatic nitrogens is 1. The van der Waals surface area contributed by atoms with Gasteiger partial charge in [-0.05, 0) is 19.1 Å². The van der Waals surface area contributed by atoms with Crippen LogP contribution in [0.4, 0.5) is 0 Å². The molecule has 1 aliphatic heterocycles. The SMILES string of the molecule is CC1CN(C(=O)c2ccc(Cl)cn2)CC(CBr)O1. The van der Waals surface area contributed by atoms with Crippen molar-refractivity contribution in [2.75, 3.05) is 18.4 Å². The molecule has 1 aromatic rings. The van der Waals surface area contributed by atoms with Gasteiger partial charge in [0.05, 0.1) is 17.2 Å². The molecule has 0 radical (unpaired) electrons. The molecule has 2 rings (SSSR count). The summed E-state index contributed by atoms with van der Waals surface area (Å²) in [6, 6.07) is 3.32. The van der Waals surface area contributed by atoms with E-state index in [-0.39, 0.29) is 18.1 Å². The van der Waals surface area contributed by atoms with Gasteiger partial charge < -0.3 is 9.64 Å². The number of ether oxygens (including phenoxy) is 1. The smallest absolute Gasteiger partial charge is 0.272 e. The number of carbonyl (C=O) groups excluding carboxylic acids is 1. The van der Waals surface area contributed by atoms with Crippen LogP contribution in [-0.4, -0.2) is 46.4 Å². The Hall–Kier alpha value is -0.650. The molecular weight excluding hydrogens is 320 g/mol. The Kier molecular flexibility index (Phi) is 4.59. The largest absolute Gasteiger partial charge is 0.371 e. The molecule has 0 aromatic carbocycles. The first-order chi connectivity index (χ1) is 8.60. The van der Waals surface area contributed by atoms with Crippen LogP contribution in [0.15, 0.2) is 18.3 Å². The number of morpholine rings is 1. The lowest BCUT2D eigenvalue weighted by Gasteiger charge is -2.36. The van der Waals surface area contributed by atoms with Crippen molar-refractivity contribution >= 4 is 33.4 Å². The second kappa shape index (κ2) is 5.99. The zero-order chi connectivity index (χ0) is 13.1. The number of hydrogen-bond donors (Lipinski definition) is 0. The van der Waals surface area contributed by atoms with E-state index < -0.39 is 0 Å². The maximum atomic E-state index is 12.3. The van der Waals surface area contributed by atoms with Crippen molar-refractivity contribution in [1.82, 2.24) is 9.88 Å². The van der Waals surface area contributed by atoms with Crippen LogP contribution >= 0.6 is 27.5 Å². The Morgan fingerprint density at radius 1 is 1.61 bits per heavy atom. The normalized spacial score (nSPS) is 24.1. The lowest BCUT2D eigenvalue weighted by atomic mass is 10.2. The van der Waals surface area contributed by atoms with E-state index in [1.54, 1.807) is 17.0 Å².